The lowest BCUT2D eigenvalue weighted by Crippen LogP contribution is -2.30. The molecule has 1 unspecified atom stereocenters. The number of carbonyl (C=O) groups is 3. The van der Waals surface area contributed by atoms with Gasteiger partial charge in [0.25, 0.3) is 0 Å². The van der Waals surface area contributed by atoms with Gasteiger partial charge in [0.05, 0.1) is 0 Å². The molecule has 0 amide bonds. The highest BCUT2D eigenvalue weighted by Gasteiger charge is 2.19. The van der Waals surface area contributed by atoms with Gasteiger partial charge < -0.3 is 14.2 Å². The molecule has 0 aliphatic rings. The van der Waals surface area contributed by atoms with Crippen molar-refractivity contribution in [3.8, 4) is 0 Å². The van der Waals surface area contributed by atoms with Crippen LogP contribution in [-0.2, 0) is 28.6 Å². The molecule has 0 aromatic heterocycles. The summed E-state index contributed by atoms with van der Waals surface area (Å²) >= 11 is 0. The number of rotatable bonds is 56. The number of unbranched alkanes of at least 4 members (excludes halogenated alkanes) is 25. The third kappa shape index (κ3) is 60.7. The summed E-state index contributed by atoms with van der Waals surface area (Å²) in [6, 6.07) is 0. The summed E-state index contributed by atoms with van der Waals surface area (Å²) < 4.78 is 16.9. The Balaban J connectivity index is 4.40. The lowest BCUT2D eigenvalue weighted by Gasteiger charge is -2.18. The zero-order valence-corrected chi connectivity index (χ0v) is 49.5. The van der Waals surface area contributed by atoms with Crippen molar-refractivity contribution in [2.75, 3.05) is 13.2 Å². The minimum Gasteiger partial charge on any atom is -0.462 e. The average Bonchev–Trinajstić information content (AvgIpc) is 3.42. The zero-order chi connectivity index (χ0) is 55.0. The Morgan fingerprint density at radius 2 is 0.513 bits per heavy atom. The van der Waals surface area contributed by atoms with Gasteiger partial charge in [-0.25, -0.2) is 0 Å². The van der Waals surface area contributed by atoms with Crippen LogP contribution in [0.4, 0.5) is 0 Å². The summed E-state index contributed by atoms with van der Waals surface area (Å²) in [5.74, 6) is -0.922. The van der Waals surface area contributed by atoms with Crippen molar-refractivity contribution in [1.29, 1.82) is 0 Å². The van der Waals surface area contributed by atoms with E-state index in [0.717, 1.165) is 161 Å². The number of allylic oxidation sites excluding steroid dienone is 20. The van der Waals surface area contributed by atoms with Crippen molar-refractivity contribution in [2.45, 2.75) is 290 Å². The number of hydrogen-bond acceptors (Lipinski definition) is 6. The highest BCUT2D eigenvalue weighted by Crippen LogP contribution is 2.16. The molecule has 432 valence electrons. The number of esters is 3. The fourth-order valence-corrected chi connectivity index (χ4v) is 8.56. The highest BCUT2D eigenvalue weighted by molar-refractivity contribution is 5.71. The van der Waals surface area contributed by atoms with Crippen LogP contribution in [-0.4, -0.2) is 37.2 Å². The maximum Gasteiger partial charge on any atom is 0.306 e. The molecule has 0 aromatic carbocycles. The predicted molar refractivity (Wildman–Crippen MR) is 330 cm³/mol. The van der Waals surface area contributed by atoms with Crippen LogP contribution in [0.3, 0.4) is 0 Å². The molecule has 0 heterocycles. The van der Waals surface area contributed by atoms with E-state index in [1.54, 1.807) is 0 Å². The van der Waals surface area contributed by atoms with Gasteiger partial charge in [0.15, 0.2) is 6.10 Å². The largest absolute Gasteiger partial charge is 0.462 e. The number of hydrogen-bond donors (Lipinski definition) is 0. The normalized spacial score (nSPS) is 12.9. The fourth-order valence-electron chi connectivity index (χ4n) is 8.56. The summed E-state index contributed by atoms with van der Waals surface area (Å²) in [5.41, 5.74) is 0. The number of carbonyl (C=O) groups excluding carboxylic acids is 3. The maximum absolute atomic E-state index is 12.9. The van der Waals surface area contributed by atoms with Crippen LogP contribution >= 0.6 is 0 Å². The van der Waals surface area contributed by atoms with Gasteiger partial charge in [-0.1, -0.05) is 277 Å². The smallest absolute Gasteiger partial charge is 0.306 e. The maximum atomic E-state index is 12.9. The van der Waals surface area contributed by atoms with Gasteiger partial charge in [0.2, 0.25) is 0 Å². The summed E-state index contributed by atoms with van der Waals surface area (Å²) in [5, 5.41) is 0. The van der Waals surface area contributed by atoms with Crippen LogP contribution in [0.2, 0.25) is 0 Å². The van der Waals surface area contributed by atoms with E-state index in [9.17, 15) is 14.4 Å². The zero-order valence-electron chi connectivity index (χ0n) is 49.5. The third-order valence-corrected chi connectivity index (χ3v) is 13.2. The Hall–Kier alpha value is -4.19. The van der Waals surface area contributed by atoms with Crippen molar-refractivity contribution >= 4 is 17.9 Å². The van der Waals surface area contributed by atoms with Crippen LogP contribution in [0.1, 0.15) is 284 Å². The Labute approximate surface area is 469 Å². The van der Waals surface area contributed by atoms with Crippen LogP contribution in [0.25, 0.3) is 0 Å². The first-order chi connectivity index (χ1) is 37.5. The predicted octanol–water partition coefficient (Wildman–Crippen LogP) is 21.6. The summed E-state index contributed by atoms with van der Waals surface area (Å²) in [4.78, 5) is 38.3. The van der Waals surface area contributed by atoms with E-state index in [2.05, 4.69) is 142 Å². The molecule has 76 heavy (non-hydrogen) atoms. The molecule has 0 radical (unpaired) electrons. The molecule has 0 aliphatic heterocycles. The number of ether oxygens (including phenoxy) is 3. The van der Waals surface area contributed by atoms with E-state index in [1.165, 1.54) is 83.5 Å². The fraction of sp³-hybridized carbons (Fsp3) is 0.671. The quantitative estimate of drug-likeness (QED) is 0.0261. The molecule has 0 fully saturated rings. The van der Waals surface area contributed by atoms with Crippen LogP contribution in [0.5, 0.6) is 0 Å². The van der Waals surface area contributed by atoms with Crippen LogP contribution < -0.4 is 0 Å². The van der Waals surface area contributed by atoms with Gasteiger partial charge in [0.1, 0.15) is 13.2 Å². The van der Waals surface area contributed by atoms with Crippen LogP contribution in [0, 0.1) is 0 Å². The standard InChI is InChI=1S/C70H116O6/c1-4-7-10-13-16-19-22-25-28-30-31-32-33-34-35-36-37-38-39-40-43-45-48-51-54-57-60-63-69(72)75-66-67(65-74-68(71)62-59-56-53-50-47-44-41-27-24-21-18-15-12-9-6-3)76-70(73)64-61-58-55-52-49-46-42-29-26-23-20-17-14-11-8-5-2/h7,9-10,12,16,18-19,21,25,27-28,31-32,34-35,37-38,40-41,43,67H,4-6,8,11,13-15,17,20,22-24,26,29-30,33,36,39,42,44-66H2,1-3H3/b10-7-,12-9-,19-16-,21-18-,28-25-,32-31-,35-34-,38-37-,41-27-,43-40-. The second kappa shape index (κ2) is 63.3. The molecule has 1 atom stereocenters. The SMILES string of the molecule is CC/C=C\C/C=C\C/C=C\C/C=C\C/C=C\C/C=C\C/C=C\CCCCCCCC(=O)OCC(COC(=O)CCCCCCC/C=C\C/C=C\C/C=C\CC)OC(=O)CCCCCCCCCCCCCCCCCC. The molecule has 0 aliphatic carbocycles. The van der Waals surface area contributed by atoms with Crippen molar-refractivity contribution in [2.24, 2.45) is 0 Å². The lowest BCUT2D eigenvalue weighted by molar-refractivity contribution is -0.167. The minimum absolute atomic E-state index is 0.0936. The second-order valence-electron chi connectivity index (χ2n) is 20.6. The Morgan fingerprint density at radius 1 is 0.276 bits per heavy atom. The molecule has 0 saturated heterocycles. The van der Waals surface area contributed by atoms with E-state index in [4.69, 9.17) is 14.2 Å². The van der Waals surface area contributed by atoms with E-state index in [-0.39, 0.29) is 31.1 Å². The molecule has 0 aromatic rings. The summed E-state index contributed by atoms with van der Waals surface area (Å²) in [6.07, 6.45) is 87.7. The highest BCUT2D eigenvalue weighted by atomic mass is 16.6. The molecule has 6 nitrogen and oxygen atoms in total. The van der Waals surface area contributed by atoms with E-state index < -0.39 is 6.10 Å². The first-order valence-corrected chi connectivity index (χ1v) is 31.5. The van der Waals surface area contributed by atoms with Gasteiger partial charge >= 0.3 is 17.9 Å². The Morgan fingerprint density at radius 3 is 0.803 bits per heavy atom. The van der Waals surface area contributed by atoms with E-state index >= 15 is 0 Å². The molecule has 0 rings (SSSR count). The third-order valence-electron chi connectivity index (χ3n) is 13.2. The van der Waals surface area contributed by atoms with Crippen molar-refractivity contribution in [1.82, 2.24) is 0 Å². The molecule has 0 spiro atoms. The molecular formula is C70H116O6. The lowest BCUT2D eigenvalue weighted by atomic mass is 10.0. The Bertz CT molecular complexity index is 1590. The molecular weight excluding hydrogens is 937 g/mol. The summed E-state index contributed by atoms with van der Waals surface area (Å²) in [6.45, 7) is 6.40. The molecule has 6 heteroatoms. The van der Waals surface area contributed by atoms with Gasteiger partial charge in [-0.15, -0.1) is 0 Å². The van der Waals surface area contributed by atoms with Crippen molar-refractivity contribution in [3.05, 3.63) is 122 Å². The molecule has 0 saturated carbocycles. The van der Waals surface area contributed by atoms with E-state index in [0.29, 0.717) is 19.3 Å². The Kier molecular flexibility index (Phi) is 59.9. The van der Waals surface area contributed by atoms with Crippen molar-refractivity contribution < 1.29 is 28.6 Å². The molecule has 0 bridgehead atoms. The second-order valence-corrected chi connectivity index (χ2v) is 20.6. The molecule has 0 N–H and O–H groups in total. The van der Waals surface area contributed by atoms with Gasteiger partial charge in [-0.05, 0) is 109 Å². The van der Waals surface area contributed by atoms with E-state index in [1.807, 2.05) is 0 Å². The minimum atomic E-state index is -0.796. The van der Waals surface area contributed by atoms with Crippen LogP contribution in [0.15, 0.2) is 122 Å². The first-order valence-electron chi connectivity index (χ1n) is 31.5. The topological polar surface area (TPSA) is 78.9 Å². The van der Waals surface area contributed by atoms with Gasteiger partial charge in [-0.2, -0.15) is 0 Å². The first kappa shape index (κ1) is 71.8. The van der Waals surface area contributed by atoms with Gasteiger partial charge in [0, 0.05) is 19.3 Å². The van der Waals surface area contributed by atoms with Gasteiger partial charge in [-0.3, -0.25) is 14.4 Å². The average molecular weight is 1050 g/mol. The summed E-state index contributed by atoms with van der Waals surface area (Å²) in [7, 11) is 0. The monoisotopic (exact) mass is 1050 g/mol. The van der Waals surface area contributed by atoms with Crippen molar-refractivity contribution in [3.63, 3.8) is 0 Å².